The van der Waals surface area contributed by atoms with Gasteiger partial charge in [0.05, 0.1) is 9.49 Å². The van der Waals surface area contributed by atoms with Crippen molar-refractivity contribution in [1.82, 2.24) is 0 Å². The van der Waals surface area contributed by atoms with E-state index in [9.17, 15) is 13.6 Å². The van der Waals surface area contributed by atoms with Crippen LogP contribution >= 0.6 is 23.5 Å². The van der Waals surface area contributed by atoms with Gasteiger partial charge in [0.15, 0.2) is 5.78 Å². The van der Waals surface area contributed by atoms with E-state index in [2.05, 4.69) is 0 Å². The summed E-state index contributed by atoms with van der Waals surface area (Å²) in [4.78, 5) is 14.0. The minimum absolute atomic E-state index is 0.186. The summed E-state index contributed by atoms with van der Waals surface area (Å²) in [6.45, 7) is 4.99. The molecule has 1 nitrogen and oxygen atoms in total. The second-order valence-corrected chi connectivity index (χ2v) is 14.8. The van der Waals surface area contributed by atoms with Crippen molar-refractivity contribution in [2.45, 2.75) is 48.0 Å². The van der Waals surface area contributed by atoms with Crippen LogP contribution in [0.15, 0.2) is 117 Å². The van der Waals surface area contributed by atoms with E-state index in [-0.39, 0.29) is 16.9 Å². The molecule has 3 aliphatic carbocycles. The standard InChI is InChI=1S/C35H24F6OS2/c1-19-17-25-29-30(34(38,39)35(40,41)33(29,36)37)26-18-28(44-32(26,3)31(25,2)43-19)23(20-9-5-4-6-10-20)14-15-24-22-12-8-7-11-21(22)13-16-27(24)42/h4-18H,1-3H3/b23-14+,24-15+/t31-,32-/m0/s1. The first-order valence-corrected chi connectivity index (χ1v) is 15.5. The van der Waals surface area contributed by atoms with Crippen LogP contribution in [0.3, 0.4) is 0 Å². The van der Waals surface area contributed by atoms with E-state index in [1.54, 1.807) is 51.1 Å². The molecule has 0 saturated heterocycles. The summed E-state index contributed by atoms with van der Waals surface area (Å²) >= 11 is 2.42. The van der Waals surface area contributed by atoms with Crippen molar-refractivity contribution in [3.05, 3.63) is 134 Å². The van der Waals surface area contributed by atoms with Crippen LogP contribution in [0.5, 0.6) is 0 Å². The van der Waals surface area contributed by atoms with Gasteiger partial charge in [-0.1, -0.05) is 66.7 Å². The maximum absolute atomic E-state index is 15.6. The highest BCUT2D eigenvalue weighted by atomic mass is 32.2. The van der Waals surface area contributed by atoms with Crippen molar-refractivity contribution in [3.63, 3.8) is 0 Å². The fraction of sp³-hybridized carbons (Fsp3) is 0.229. The molecule has 9 heteroatoms. The third-order valence-electron chi connectivity index (χ3n) is 9.14. The number of carbonyl (C=O) groups excluding carboxylic acids is 1. The number of allylic oxidation sites excluding steroid dienone is 10. The van der Waals surface area contributed by atoms with E-state index in [1.807, 2.05) is 42.5 Å². The molecule has 2 heterocycles. The summed E-state index contributed by atoms with van der Waals surface area (Å²) in [5.74, 6) is -16.0. The van der Waals surface area contributed by atoms with Crippen LogP contribution in [-0.4, -0.2) is 33.0 Å². The smallest absolute Gasteiger partial charge is 0.289 e. The lowest BCUT2D eigenvalue weighted by molar-refractivity contribution is -0.258. The summed E-state index contributed by atoms with van der Waals surface area (Å²) in [6.07, 6.45) is 9.30. The van der Waals surface area contributed by atoms with E-state index in [0.717, 1.165) is 11.1 Å². The van der Waals surface area contributed by atoms with E-state index in [0.29, 0.717) is 26.5 Å². The molecule has 44 heavy (non-hydrogen) atoms. The molecule has 2 aromatic carbocycles. The molecule has 1 fully saturated rings. The molecule has 0 radical (unpaired) electrons. The number of fused-ring (bicyclic) bond motifs is 5. The second-order valence-electron chi connectivity index (χ2n) is 11.6. The van der Waals surface area contributed by atoms with E-state index in [4.69, 9.17) is 0 Å². The molecule has 2 aliphatic heterocycles. The van der Waals surface area contributed by atoms with Gasteiger partial charge in [-0.3, -0.25) is 4.79 Å². The number of alkyl halides is 6. The number of hydrogen-bond donors (Lipinski definition) is 0. The number of thioether (sulfide) groups is 2. The Bertz CT molecular complexity index is 1890. The minimum Gasteiger partial charge on any atom is -0.289 e. The number of hydrogen-bond acceptors (Lipinski definition) is 3. The monoisotopic (exact) mass is 638 g/mol. The van der Waals surface area contributed by atoms with E-state index >= 15 is 17.6 Å². The van der Waals surface area contributed by atoms with Crippen molar-refractivity contribution in [1.29, 1.82) is 0 Å². The third kappa shape index (κ3) is 3.62. The number of carbonyl (C=O) groups is 1. The Morgan fingerprint density at radius 1 is 0.750 bits per heavy atom. The number of ketones is 1. The first kappa shape index (κ1) is 29.3. The molecular formula is C35H24F6OS2. The van der Waals surface area contributed by atoms with Gasteiger partial charge in [-0.2, -0.15) is 26.3 Å². The molecule has 7 rings (SSSR count). The van der Waals surface area contributed by atoms with E-state index in [1.165, 1.54) is 41.8 Å². The Labute approximate surface area is 258 Å². The van der Waals surface area contributed by atoms with Gasteiger partial charge in [-0.15, -0.1) is 23.5 Å². The molecule has 0 unspecified atom stereocenters. The van der Waals surface area contributed by atoms with Gasteiger partial charge in [0.2, 0.25) is 0 Å². The van der Waals surface area contributed by atoms with Gasteiger partial charge in [-0.05, 0) is 83.4 Å². The van der Waals surface area contributed by atoms with Gasteiger partial charge in [0.1, 0.15) is 0 Å². The first-order chi connectivity index (χ1) is 20.6. The summed E-state index contributed by atoms with van der Waals surface area (Å²) in [6, 6.07) is 16.4. The number of halogens is 6. The maximum atomic E-state index is 15.6. The molecule has 2 aromatic rings. The molecule has 0 spiro atoms. The number of benzene rings is 2. The van der Waals surface area contributed by atoms with Crippen molar-refractivity contribution in [2.24, 2.45) is 0 Å². The lowest BCUT2D eigenvalue weighted by atomic mass is 9.71. The molecule has 5 aliphatic rings. The molecular weight excluding hydrogens is 615 g/mol. The molecule has 2 atom stereocenters. The van der Waals surface area contributed by atoms with E-state index < -0.39 is 38.4 Å². The van der Waals surface area contributed by atoms with Crippen LogP contribution in [0.25, 0.3) is 17.2 Å². The lowest BCUT2D eigenvalue weighted by Crippen LogP contribution is -2.48. The molecule has 0 N–H and O–H groups in total. The highest BCUT2D eigenvalue weighted by molar-refractivity contribution is 8.09. The zero-order chi connectivity index (χ0) is 31.4. The molecule has 1 saturated carbocycles. The van der Waals surface area contributed by atoms with Gasteiger partial charge in [0, 0.05) is 21.6 Å². The van der Waals surface area contributed by atoms with Gasteiger partial charge < -0.3 is 0 Å². The maximum Gasteiger partial charge on any atom is 0.380 e. The molecule has 0 amide bonds. The minimum atomic E-state index is -5.60. The second kappa shape index (κ2) is 9.30. The topological polar surface area (TPSA) is 17.1 Å². The summed E-state index contributed by atoms with van der Waals surface area (Å²) in [7, 11) is 0. The first-order valence-electron chi connectivity index (χ1n) is 13.9. The lowest BCUT2D eigenvalue weighted by Gasteiger charge is -2.47. The van der Waals surface area contributed by atoms with Gasteiger partial charge in [-0.25, -0.2) is 0 Å². The summed E-state index contributed by atoms with van der Waals surface area (Å²) in [5.41, 5.74) is 0.274. The zero-order valence-corrected chi connectivity index (χ0v) is 25.3. The van der Waals surface area contributed by atoms with Crippen LogP contribution in [0.4, 0.5) is 26.3 Å². The summed E-state index contributed by atoms with van der Waals surface area (Å²) < 4.78 is 89.5. The Morgan fingerprint density at radius 3 is 2.02 bits per heavy atom. The Hall–Kier alpha value is -3.43. The SMILES string of the molecule is CC1=CC2=C3C(=C4C=C(/C(=C/C=C5/C(=O)C=Cc6ccccc65)c5ccccc5)S[C@]4(C)[C@@]2(C)S1)C(F)(F)C(F)(F)C3(F)F. The predicted molar refractivity (Wildman–Crippen MR) is 166 cm³/mol. The number of rotatable bonds is 3. The van der Waals surface area contributed by atoms with Crippen LogP contribution in [0.2, 0.25) is 0 Å². The third-order valence-corrected chi connectivity index (χ3v) is 12.3. The quantitative estimate of drug-likeness (QED) is 0.246. The van der Waals surface area contributed by atoms with Crippen LogP contribution in [0.1, 0.15) is 37.5 Å². The van der Waals surface area contributed by atoms with Crippen LogP contribution < -0.4 is 0 Å². The predicted octanol–water partition coefficient (Wildman–Crippen LogP) is 10.1. The molecule has 224 valence electrons. The Kier molecular flexibility index (Phi) is 6.19. The van der Waals surface area contributed by atoms with Crippen LogP contribution in [0, 0.1) is 0 Å². The van der Waals surface area contributed by atoms with Crippen molar-refractivity contribution in [3.8, 4) is 0 Å². The largest absolute Gasteiger partial charge is 0.380 e. The van der Waals surface area contributed by atoms with Crippen molar-refractivity contribution < 1.29 is 31.1 Å². The molecule has 0 bridgehead atoms. The highest BCUT2D eigenvalue weighted by Crippen LogP contribution is 2.74. The zero-order valence-electron chi connectivity index (χ0n) is 23.7. The van der Waals surface area contributed by atoms with Crippen LogP contribution in [-0.2, 0) is 4.79 Å². The average molecular weight is 639 g/mol. The van der Waals surface area contributed by atoms with Crippen molar-refractivity contribution >= 4 is 46.5 Å². The Balaban J connectivity index is 1.48. The van der Waals surface area contributed by atoms with Crippen molar-refractivity contribution in [2.75, 3.05) is 0 Å². The van der Waals surface area contributed by atoms with Gasteiger partial charge in [0.25, 0.3) is 0 Å². The average Bonchev–Trinajstić information content (AvgIpc) is 3.52. The fourth-order valence-electron chi connectivity index (χ4n) is 6.77. The normalized spacial score (nSPS) is 30.2. The fourth-order valence-corrected chi connectivity index (χ4v) is 9.90. The Morgan fingerprint density at radius 2 is 1.34 bits per heavy atom. The summed E-state index contributed by atoms with van der Waals surface area (Å²) in [5, 5.41) is 0. The highest BCUT2D eigenvalue weighted by Gasteiger charge is 2.84. The molecule has 0 aromatic heterocycles. The van der Waals surface area contributed by atoms with Gasteiger partial charge >= 0.3 is 17.8 Å².